The number of thiazole rings is 1. The van der Waals surface area contributed by atoms with Gasteiger partial charge in [0.05, 0.1) is 12.1 Å². The highest BCUT2D eigenvalue weighted by atomic mass is 32.1. The summed E-state index contributed by atoms with van der Waals surface area (Å²) in [6.07, 6.45) is 1.74. The first-order valence-electron chi connectivity index (χ1n) is 9.60. The van der Waals surface area contributed by atoms with E-state index in [2.05, 4.69) is 15.2 Å². The molecule has 0 spiro atoms. The van der Waals surface area contributed by atoms with Crippen LogP contribution >= 0.6 is 11.3 Å². The lowest BCUT2D eigenvalue weighted by atomic mass is 10.0. The van der Waals surface area contributed by atoms with Gasteiger partial charge in [0.15, 0.2) is 0 Å². The van der Waals surface area contributed by atoms with Crippen LogP contribution < -0.4 is 11.5 Å². The zero-order valence-corrected chi connectivity index (χ0v) is 17.5. The summed E-state index contributed by atoms with van der Waals surface area (Å²) in [7, 11) is 0. The van der Waals surface area contributed by atoms with Crippen molar-refractivity contribution >= 4 is 23.2 Å². The van der Waals surface area contributed by atoms with Crippen molar-refractivity contribution in [1.29, 1.82) is 0 Å². The van der Waals surface area contributed by atoms with Gasteiger partial charge in [-0.2, -0.15) is 0 Å². The van der Waals surface area contributed by atoms with Gasteiger partial charge in [-0.1, -0.05) is 0 Å². The number of hydrogen-bond donors (Lipinski definition) is 2. The Kier molecular flexibility index (Phi) is 5.35. The van der Waals surface area contributed by atoms with E-state index >= 15 is 0 Å². The molecule has 4 N–H and O–H groups in total. The fraction of sp³-hybridized carbons (Fsp3) is 0.350. The van der Waals surface area contributed by atoms with Crippen LogP contribution in [0.1, 0.15) is 69.2 Å². The lowest BCUT2D eigenvalue weighted by molar-refractivity contribution is 0.0735. The zero-order valence-electron chi connectivity index (χ0n) is 16.7. The van der Waals surface area contributed by atoms with E-state index in [1.807, 2.05) is 12.3 Å². The molecule has 4 rings (SSSR count). The quantitative estimate of drug-likeness (QED) is 0.638. The number of amides is 2. The molecule has 2 amide bonds. The molecule has 2 atom stereocenters. The number of hydrogen-bond acceptors (Lipinski definition) is 8. The lowest BCUT2D eigenvalue weighted by Gasteiger charge is -2.23. The molecule has 3 heterocycles. The molecule has 2 aromatic heterocycles. The van der Waals surface area contributed by atoms with E-state index in [-0.39, 0.29) is 29.3 Å². The van der Waals surface area contributed by atoms with Crippen LogP contribution in [0.15, 0.2) is 28.0 Å². The Hall–Kier alpha value is -3.11. The van der Waals surface area contributed by atoms with Crippen molar-refractivity contribution in [2.45, 2.75) is 38.8 Å². The monoisotopic (exact) mass is 426 g/mol. The Morgan fingerprint density at radius 2 is 2.03 bits per heavy atom. The molecular formula is C20H22N6O3S. The van der Waals surface area contributed by atoms with Crippen LogP contribution in [0.25, 0.3) is 11.5 Å². The van der Waals surface area contributed by atoms with Crippen molar-refractivity contribution in [2.75, 3.05) is 6.54 Å². The maximum atomic E-state index is 13.4. The maximum absolute atomic E-state index is 13.4. The Balaban J connectivity index is 1.71. The molecule has 0 aliphatic carbocycles. The van der Waals surface area contributed by atoms with E-state index < -0.39 is 11.9 Å². The Bertz CT molecular complexity index is 1110. The van der Waals surface area contributed by atoms with Crippen LogP contribution in [-0.2, 0) is 0 Å². The SMILES string of the molecule is Cc1csc([C@H]2CCCN2C(=O)c2cc(C(N)=O)cc(-c3nnc([C@H](C)N)o3)c2)n1. The largest absolute Gasteiger partial charge is 0.419 e. The van der Waals surface area contributed by atoms with Crippen molar-refractivity contribution in [2.24, 2.45) is 11.5 Å². The van der Waals surface area contributed by atoms with Crippen molar-refractivity contribution in [3.05, 3.63) is 51.3 Å². The summed E-state index contributed by atoms with van der Waals surface area (Å²) in [5, 5.41) is 10.8. The molecule has 156 valence electrons. The number of primary amides is 1. The maximum Gasteiger partial charge on any atom is 0.254 e. The molecule has 0 saturated carbocycles. The summed E-state index contributed by atoms with van der Waals surface area (Å²) in [5.74, 6) is -0.401. The van der Waals surface area contributed by atoms with Gasteiger partial charge in [-0.25, -0.2) is 4.98 Å². The van der Waals surface area contributed by atoms with Crippen molar-refractivity contribution < 1.29 is 14.0 Å². The van der Waals surface area contributed by atoms with Crippen LogP contribution in [0.3, 0.4) is 0 Å². The molecule has 0 unspecified atom stereocenters. The van der Waals surface area contributed by atoms with Crippen molar-refractivity contribution in [3.63, 3.8) is 0 Å². The zero-order chi connectivity index (χ0) is 21.4. The molecular weight excluding hydrogens is 404 g/mol. The van der Waals surface area contributed by atoms with Gasteiger partial charge < -0.3 is 20.8 Å². The van der Waals surface area contributed by atoms with Gasteiger partial charge in [-0.05, 0) is 44.9 Å². The topological polar surface area (TPSA) is 141 Å². The number of nitrogens with two attached hydrogens (primary N) is 2. The smallest absolute Gasteiger partial charge is 0.254 e. The second kappa shape index (κ2) is 7.96. The standard InChI is InChI=1S/C20H22N6O3S/c1-10-9-30-19(23-10)15-4-3-5-26(15)20(28)14-7-12(16(22)27)6-13(8-14)18-25-24-17(29-18)11(2)21/h6-9,11,15H,3-5,21H2,1-2H3,(H2,22,27)/t11-,15+/m0/s1. The number of aryl methyl sites for hydroxylation is 1. The van der Waals surface area contributed by atoms with E-state index in [0.717, 1.165) is 23.5 Å². The summed E-state index contributed by atoms with van der Waals surface area (Å²) < 4.78 is 5.59. The number of aromatic nitrogens is 3. The summed E-state index contributed by atoms with van der Waals surface area (Å²) >= 11 is 1.55. The van der Waals surface area contributed by atoms with Gasteiger partial charge in [-0.3, -0.25) is 9.59 Å². The lowest BCUT2D eigenvalue weighted by Crippen LogP contribution is -2.30. The molecule has 1 fully saturated rings. The highest BCUT2D eigenvalue weighted by Gasteiger charge is 2.33. The summed E-state index contributed by atoms with van der Waals surface area (Å²) in [6, 6.07) is 4.15. The van der Waals surface area contributed by atoms with E-state index in [1.54, 1.807) is 29.2 Å². The van der Waals surface area contributed by atoms with E-state index in [1.165, 1.54) is 12.1 Å². The Morgan fingerprint density at radius 3 is 2.67 bits per heavy atom. The van der Waals surface area contributed by atoms with Crippen LogP contribution in [0.4, 0.5) is 0 Å². The molecule has 3 aromatic rings. The number of carbonyl (C=O) groups is 2. The minimum absolute atomic E-state index is 0.0787. The third-order valence-corrected chi connectivity index (χ3v) is 6.04. The van der Waals surface area contributed by atoms with Crippen molar-refractivity contribution in [3.8, 4) is 11.5 Å². The molecule has 0 radical (unpaired) electrons. The molecule has 1 aliphatic rings. The first kappa shape index (κ1) is 20.2. The van der Waals surface area contributed by atoms with Crippen LogP contribution in [0, 0.1) is 6.92 Å². The number of benzene rings is 1. The van der Waals surface area contributed by atoms with Crippen LogP contribution in [0.5, 0.6) is 0 Å². The van der Waals surface area contributed by atoms with Gasteiger partial charge in [0.2, 0.25) is 17.7 Å². The molecule has 9 nitrogen and oxygen atoms in total. The first-order valence-corrected chi connectivity index (χ1v) is 10.5. The number of nitrogens with zero attached hydrogens (tertiary/aromatic N) is 4. The van der Waals surface area contributed by atoms with Crippen LogP contribution in [-0.4, -0.2) is 38.4 Å². The number of likely N-dealkylation sites (tertiary alicyclic amines) is 1. The molecule has 0 bridgehead atoms. The van der Waals surface area contributed by atoms with Gasteiger partial charge in [0.25, 0.3) is 5.91 Å². The van der Waals surface area contributed by atoms with E-state index in [0.29, 0.717) is 17.7 Å². The van der Waals surface area contributed by atoms with Gasteiger partial charge in [-0.15, -0.1) is 21.5 Å². The van der Waals surface area contributed by atoms with Gasteiger partial charge in [0, 0.05) is 34.3 Å². The second-order valence-electron chi connectivity index (χ2n) is 7.38. The first-order chi connectivity index (χ1) is 14.3. The summed E-state index contributed by atoms with van der Waals surface area (Å²) in [5.41, 5.74) is 13.2. The minimum atomic E-state index is -0.647. The Labute approximate surface area is 177 Å². The van der Waals surface area contributed by atoms with Crippen LogP contribution in [0.2, 0.25) is 0 Å². The average Bonchev–Trinajstić information content (AvgIpc) is 3.46. The predicted octanol–water partition coefficient (Wildman–Crippen LogP) is 2.60. The third kappa shape index (κ3) is 3.83. The number of carbonyl (C=O) groups excluding carboxylic acids is 2. The van der Waals surface area contributed by atoms with Gasteiger partial charge >= 0.3 is 0 Å². The Morgan fingerprint density at radius 1 is 1.27 bits per heavy atom. The summed E-state index contributed by atoms with van der Waals surface area (Å²) in [6.45, 7) is 4.28. The highest BCUT2D eigenvalue weighted by Crippen LogP contribution is 2.35. The highest BCUT2D eigenvalue weighted by molar-refractivity contribution is 7.09. The normalized spacial score (nSPS) is 17.3. The van der Waals surface area contributed by atoms with E-state index in [4.69, 9.17) is 15.9 Å². The molecule has 30 heavy (non-hydrogen) atoms. The van der Waals surface area contributed by atoms with E-state index in [9.17, 15) is 9.59 Å². The van der Waals surface area contributed by atoms with Gasteiger partial charge in [0.1, 0.15) is 5.01 Å². The molecule has 1 saturated heterocycles. The number of rotatable bonds is 5. The molecule has 1 aromatic carbocycles. The predicted molar refractivity (Wildman–Crippen MR) is 111 cm³/mol. The molecule has 10 heteroatoms. The molecule has 1 aliphatic heterocycles. The fourth-order valence-corrected chi connectivity index (χ4v) is 4.45. The van der Waals surface area contributed by atoms with Crippen molar-refractivity contribution in [1.82, 2.24) is 20.1 Å². The summed E-state index contributed by atoms with van der Waals surface area (Å²) in [4.78, 5) is 31.6. The average molecular weight is 427 g/mol. The fourth-order valence-electron chi connectivity index (χ4n) is 3.51. The third-order valence-electron chi connectivity index (χ3n) is 4.98. The second-order valence-corrected chi connectivity index (χ2v) is 8.27. The minimum Gasteiger partial charge on any atom is -0.419 e.